The minimum atomic E-state index is -1.04. The zero-order valence-corrected chi connectivity index (χ0v) is 13.5. The summed E-state index contributed by atoms with van der Waals surface area (Å²) in [5, 5.41) is 9.42. The van der Waals surface area contributed by atoms with Gasteiger partial charge in [-0.05, 0) is 31.2 Å². The van der Waals surface area contributed by atoms with Gasteiger partial charge in [0.1, 0.15) is 5.75 Å². The van der Waals surface area contributed by atoms with Crippen LogP contribution in [-0.2, 0) is 0 Å². The minimum Gasteiger partial charge on any atom is -0.493 e. The summed E-state index contributed by atoms with van der Waals surface area (Å²) in [6, 6.07) is 7.83. The van der Waals surface area contributed by atoms with Crippen molar-refractivity contribution < 1.29 is 24.1 Å². The highest BCUT2D eigenvalue weighted by molar-refractivity contribution is 6.33. The summed E-state index contributed by atoms with van der Waals surface area (Å²) in [6.45, 7) is 2.52. The summed E-state index contributed by atoms with van der Waals surface area (Å²) in [5.41, 5.74) is 1.15. The number of carbonyl (C=O) groups is 1. The SMILES string of the molecule is CCOc1cc2c(cc1C=Nc1cc(C(=O)O)ccc1Cl)OCO2. The highest BCUT2D eigenvalue weighted by Gasteiger charge is 2.17. The molecule has 2 aromatic rings. The van der Waals surface area contributed by atoms with Crippen LogP contribution >= 0.6 is 11.6 Å². The first-order valence-electron chi connectivity index (χ1n) is 7.22. The molecule has 3 rings (SSSR count). The van der Waals surface area contributed by atoms with Gasteiger partial charge in [0.05, 0.1) is 22.9 Å². The van der Waals surface area contributed by atoms with Crippen LogP contribution in [0.2, 0.25) is 5.02 Å². The summed E-state index contributed by atoms with van der Waals surface area (Å²) in [4.78, 5) is 15.4. The molecule has 0 unspecified atom stereocenters. The maximum Gasteiger partial charge on any atom is 0.335 e. The third kappa shape index (κ3) is 3.28. The molecule has 24 heavy (non-hydrogen) atoms. The van der Waals surface area contributed by atoms with E-state index in [1.807, 2.05) is 6.92 Å². The number of ether oxygens (including phenoxy) is 3. The van der Waals surface area contributed by atoms with E-state index in [2.05, 4.69) is 4.99 Å². The van der Waals surface area contributed by atoms with Gasteiger partial charge in [-0.3, -0.25) is 4.99 Å². The second-order valence-electron chi connectivity index (χ2n) is 4.91. The van der Waals surface area contributed by atoms with E-state index in [9.17, 15) is 4.79 Å². The summed E-state index contributed by atoms with van der Waals surface area (Å²) >= 11 is 6.08. The van der Waals surface area contributed by atoms with Crippen LogP contribution in [-0.4, -0.2) is 30.7 Å². The number of rotatable bonds is 5. The Balaban J connectivity index is 1.97. The Morgan fingerprint density at radius 3 is 2.79 bits per heavy atom. The molecule has 0 saturated carbocycles. The van der Waals surface area contributed by atoms with Crippen LogP contribution in [0, 0.1) is 0 Å². The van der Waals surface area contributed by atoms with E-state index in [0.29, 0.717) is 40.1 Å². The number of hydrogen-bond acceptors (Lipinski definition) is 5. The molecule has 0 aliphatic carbocycles. The van der Waals surface area contributed by atoms with Crippen molar-refractivity contribution in [2.75, 3.05) is 13.4 Å². The number of aliphatic imine (C=N–C) groups is 1. The zero-order valence-electron chi connectivity index (χ0n) is 12.8. The first-order valence-corrected chi connectivity index (χ1v) is 7.59. The highest BCUT2D eigenvalue weighted by Crippen LogP contribution is 2.38. The average molecular weight is 348 g/mol. The predicted molar refractivity (Wildman–Crippen MR) is 89.4 cm³/mol. The summed E-state index contributed by atoms with van der Waals surface area (Å²) in [5.74, 6) is 0.768. The van der Waals surface area contributed by atoms with Gasteiger partial charge in [0.25, 0.3) is 0 Å². The van der Waals surface area contributed by atoms with Gasteiger partial charge in [0.2, 0.25) is 6.79 Å². The minimum absolute atomic E-state index is 0.113. The van der Waals surface area contributed by atoms with E-state index in [4.69, 9.17) is 30.9 Å². The van der Waals surface area contributed by atoms with Crippen molar-refractivity contribution in [3.8, 4) is 17.2 Å². The number of halogens is 1. The molecule has 7 heteroatoms. The summed E-state index contributed by atoms with van der Waals surface area (Å²) in [6.07, 6.45) is 1.56. The van der Waals surface area contributed by atoms with Gasteiger partial charge in [-0.15, -0.1) is 0 Å². The van der Waals surface area contributed by atoms with Crippen molar-refractivity contribution in [2.45, 2.75) is 6.92 Å². The number of benzene rings is 2. The number of hydrogen-bond donors (Lipinski definition) is 1. The van der Waals surface area contributed by atoms with E-state index < -0.39 is 5.97 Å². The van der Waals surface area contributed by atoms with Crippen molar-refractivity contribution in [3.63, 3.8) is 0 Å². The van der Waals surface area contributed by atoms with E-state index in [-0.39, 0.29) is 12.4 Å². The molecule has 1 aliphatic rings. The fourth-order valence-corrected chi connectivity index (χ4v) is 2.37. The lowest BCUT2D eigenvalue weighted by atomic mass is 10.1. The van der Waals surface area contributed by atoms with Crippen molar-refractivity contribution in [3.05, 3.63) is 46.5 Å². The number of aromatic carboxylic acids is 1. The van der Waals surface area contributed by atoms with E-state index >= 15 is 0 Å². The van der Waals surface area contributed by atoms with Gasteiger partial charge in [0, 0.05) is 17.8 Å². The fraction of sp³-hybridized carbons (Fsp3) is 0.176. The Morgan fingerprint density at radius 2 is 2.08 bits per heavy atom. The van der Waals surface area contributed by atoms with Crippen LogP contribution in [0.5, 0.6) is 17.2 Å². The molecule has 0 fully saturated rings. The molecular formula is C17H14ClNO5. The fourth-order valence-electron chi connectivity index (χ4n) is 2.20. The van der Waals surface area contributed by atoms with Crippen LogP contribution in [0.25, 0.3) is 0 Å². The van der Waals surface area contributed by atoms with Crippen molar-refractivity contribution in [2.24, 2.45) is 4.99 Å². The summed E-state index contributed by atoms with van der Waals surface area (Å²) < 4.78 is 16.3. The Kier molecular flexibility index (Phi) is 4.57. The van der Waals surface area contributed by atoms with Crippen molar-refractivity contribution in [1.82, 2.24) is 0 Å². The van der Waals surface area contributed by atoms with Gasteiger partial charge < -0.3 is 19.3 Å². The average Bonchev–Trinajstić information content (AvgIpc) is 3.01. The van der Waals surface area contributed by atoms with Crippen LogP contribution in [0.1, 0.15) is 22.8 Å². The molecule has 0 spiro atoms. The van der Waals surface area contributed by atoms with E-state index in [0.717, 1.165) is 0 Å². The van der Waals surface area contributed by atoms with E-state index in [1.54, 1.807) is 18.3 Å². The largest absolute Gasteiger partial charge is 0.493 e. The van der Waals surface area contributed by atoms with Crippen molar-refractivity contribution >= 4 is 29.5 Å². The van der Waals surface area contributed by atoms with Gasteiger partial charge in [-0.25, -0.2) is 4.79 Å². The molecule has 1 N–H and O–H groups in total. The second kappa shape index (κ2) is 6.80. The number of carboxylic acid groups (broad SMARTS) is 1. The third-order valence-electron chi connectivity index (χ3n) is 3.34. The van der Waals surface area contributed by atoms with Crippen LogP contribution in [0.4, 0.5) is 5.69 Å². The third-order valence-corrected chi connectivity index (χ3v) is 3.66. The number of nitrogens with zero attached hydrogens (tertiary/aromatic N) is 1. The highest BCUT2D eigenvalue weighted by atomic mass is 35.5. The molecule has 124 valence electrons. The molecule has 0 saturated heterocycles. The molecule has 1 heterocycles. The van der Waals surface area contributed by atoms with Gasteiger partial charge >= 0.3 is 5.97 Å². The predicted octanol–water partition coefficient (Wildman–Crippen LogP) is 3.92. The van der Waals surface area contributed by atoms with Gasteiger partial charge in [-0.2, -0.15) is 0 Å². The first-order chi connectivity index (χ1) is 11.6. The lowest BCUT2D eigenvalue weighted by Gasteiger charge is -2.08. The molecule has 0 aromatic heterocycles. The molecule has 0 atom stereocenters. The number of carboxylic acids is 1. The van der Waals surface area contributed by atoms with Gasteiger partial charge in [-0.1, -0.05) is 11.6 Å². The van der Waals surface area contributed by atoms with Crippen molar-refractivity contribution in [1.29, 1.82) is 0 Å². The standard InChI is InChI=1S/C17H14ClNO5/c1-2-22-14-7-16-15(23-9-24-16)6-11(14)8-19-13-5-10(17(20)21)3-4-12(13)18/h3-8H,2,9H2,1H3,(H,20,21). The Bertz CT molecular complexity index is 819. The Hall–Kier alpha value is -2.73. The molecule has 0 bridgehead atoms. The molecular weight excluding hydrogens is 334 g/mol. The van der Waals surface area contributed by atoms with Crippen LogP contribution < -0.4 is 14.2 Å². The molecule has 0 amide bonds. The molecule has 1 aliphatic heterocycles. The lowest BCUT2D eigenvalue weighted by Crippen LogP contribution is -1.97. The maximum atomic E-state index is 11.1. The molecule has 2 aromatic carbocycles. The molecule has 6 nitrogen and oxygen atoms in total. The zero-order chi connectivity index (χ0) is 17.1. The second-order valence-corrected chi connectivity index (χ2v) is 5.31. The first kappa shape index (κ1) is 16.1. The maximum absolute atomic E-state index is 11.1. The van der Waals surface area contributed by atoms with Gasteiger partial charge in [0.15, 0.2) is 11.5 Å². The van der Waals surface area contributed by atoms with E-state index in [1.165, 1.54) is 18.2 Å². The smallest absolute Gasteiger partial charge is 0.335 e. The summed E-state index contributed by atoms with van der Waals surface area (Å²) in [7, 11) is 0. The Labute approximate surface area is 143 Å². The molecule has 0 radical (unpaired) electrons. The van der Waals surface area contributed by atoms with Crippen LogP contribution in [0.3, 0.4) is 0 Å². The number of fused-ring (bicyclic) bond motifs is 1. The topological polar surface area (TPSA) is 77.4 Å². The van der Waals surface area contributed by atoms with Crippen LogP contribution in [0.15, 0.2) is 35.3 Å². The quantitative estimate of drug-likeness (QED) is 0.829. The Morgan fingerprint density at radius 1 is 1.33 bits per heavy atom. The lowest BCUT2D eigenvalue weighted by molar-refractivity contribution is 0.0697. The normalized spacial score (nSPS) is 12.6. The monoisotopic (exact) mass is 347 g/mol.